The van der Waals surface area contributed by atoms with Gasteiger partial charge < -0.3 is 4.74 Å². The Balaban J connectivity index is 2.63. The zero-order chi connectivity index (χ0) is 12.1. The van der Waals surface area contributed by atoms with E-state index < -0.39 is 0 Å². The monoisotopic (exact) mass is 288 g/mol. The minimum atomic E-state index is -0.250. The van der Waals surface area contributed by atoms with Gasteiger partial charge in [-0.15, -0.1) is 0 Å². The van der Waals surface area contributed by atoms with Crippen molar-refractivity contribution >= 4 is 15.9 Å². The summed E-state index contributed by atoms with van der Waals surface area (Å²) in [6.45, 7) is 6.86. The molecule has 0 aliphatic rings. The van der Waals surface area contributed by atoms with E-state index in [2.05, 4.69) is 29.8 Å². The highest BCUT2D eigenvalue weighted by molar-refractivity contribution is 9.09. The van der Waals surface area contributed by atoms with Crippen LogP contribution >= 0.6 is 15.9 Å². The molecule has 0 saturated carbocycles. The fraction of sp³-hybridized carbons (Fsp3) is 0.538. The molecular formula is C13H18BrFO. The first-order valence-corrected chi connectivity index (χ1v) is 6.61. The van der Waals surface area contributed by atoms with Gasteiger partial charge in [-0.05, 0) is 24.5 Å². The van der Waals surface area contributed by atoms with Crippen molar-refractivity contribution in [3.63, 3.8) is 0 Å². The van der Waals surface area contributed by atoms with Crippen molar-refractivity contribution in [1.29, 1.82) is 0 Å². The number of halogens is 2. The molecule has 16 heavy (non-hydrogen) atoms. The van der Waals surface area contributed by atoms with Gasteiger partial charge >= 0.3 is 0 Å². The Kier molecular flexibility index (Phi) is 5.26. The molecule has 0 saturated heterocycles. The van der Waals surface area contributed by atoms with Crippen LogP contribution in [0.3, 0.4) is 0 Å². The molecule has 0 amide bonds. The molecule has 0 aromatic heterocycles. The van der Waals surface area contributed by atoms with Crippen LogP contribution in [0.1, 0.15) is 19.4 Å². The first kappa shape index (κ1) is 13.5. The van der Waals surface area contributed by atoms with Crippen LogP contribution in [0.5, 0.6) is 5.75 Å². The Hall–Kier alpha value is -0.570. The van der Waals surface area contributed by atoms with E-state index in [0.717, 1.165) is 10.9 Å². The predicted octanol–water partition coefficient (Wildman–Crippen LogP) is 4.18. The van der Waals surface area contributed by atoms with Crippen molar-refractivity contribution in [1.82, 2.24) is 0 Å². The maximum atomic E-state index is 13.0. The van der Waals surface area contributed by atoms with Crippen molar-refractivity contribution < 1.29 is 9.13 Å². The molecule has 0 aliphatic heterocycles. The lowest BCUT2D eigenvalue weighted by Crippen LogP contribution is -2.19. The fourth-order valence-electron chi connectivity index (χ4n) is 1.34. The number of aryl methyl sites for hydroxylation is 1. The van der Waals surface area contributed by atoms with Gasteiger partial charge in [0.25, 0.3) is 0 Å². The van der Waals surface area contributed by atoms with Crippen LogP contribution in [-0.4, -0.2) is 11.9 Å². The number of hydrogen-bond acceptors (Lipinski definition) is 1. The molecular weight excluding hydrogens is 271 g/mol. The van der Waals surface area contributed by atoms with Gasteiger partial charge in [0.1, 0.15) is 11.6 Å². The van der Waals surface area contributed by atoms with Crippen LogP contribution in [0.25, 0.3) is 0 Å². The van der Waals surface area contributed by atoms with Crippen molar-refractivity contribution in [3.8, 4) is 5.75 Å². The Morgan fingerprint density at radius 1 is 1.38 bits per heavy atom. The van der Waals surface area contributed by atoms with Gasteiger partial charge in [-0.3, -0.25) is 0 Å². The van der Waals surface area contributed by atoms with Gasteiger partial charge in [0.05, 0.1) is 6.61 Å². The zero-order valence-corrected chi connectivity index (χ0v) is 11.6. The second-order valence-electron chi connectivity index (χ2n) is 4.38. The summed E-state index contributed by atoms with van der Waals surface area (Å²) in [7, 11) is 0. The Bertz CT molecular complexity index is 339. The van der Waals surface area contributed by atoms with Crippen molar-refractivity contribution in [2.45, 2.75) is 20.8 Å². The van der Waals surface area contributed by atoms with Gasteiger partial charge in [0.2, 0.25) is 0 Å². The van der Waals surface area contributed by atoms with Crippen LogP contribution in [0, 0.1) is 24.6 Å². The molecule has 0 fully saturated rings. The van der Waals surface area contributed by atoms with Crippen LogP contribution in [0.15, 0.2) is 18.2 Å². The predicted molar refractivity (Wildman–Crippen MR) is 68.8 cm³/mol. The highest BCUT2D eigenvalue weighted by atomic mass is 79.9. The standard InChI is InChI=1S/C13H18BrFO/c1-9(2)11(7-14)8-16-13-6-12(15)5-4-10(13)3/h4-6,9,11H,7-8H2,1-3H3. The molecule has 1 aromatic carbocycles. The Morgan fingerprint density at radius 2 is 2.06 bits per heavy atom. The fourth-order valence-corrected chi connectivity index (χ4v) is 2.28. The first-order chi connectivity index (χ1) is 7.54. The normalized spacial score (nSPS) is 12.9. The lowest BCUT2D eigenvalue weighted by atomic mass is 9.99. The van der Waals surface area contributed by atoms with Crippen molar-refractivity contribution in [2.24, 2.45) is 11.8 Å². The minimum Gasteiger partial charge on any atom is -0.493 e. The SMILES string of the molecule is Cc1ccc(F)cc1OCC(CBr)C(C)C. The molecule has 1 rings (SSSR count). The maximum absolute atomic E-state index is 13.0. The van der Waals surface area contributed by atoms with Gasteiger partial charge in [0.15, 0.2) is 0 Å². The highest BCUT2D eigenvalue weighted by Gasteiger charge is 2.13. The lowest BCUT2D eigenvalue weighted by Gasteiger charge is -2.19. The summed E-state index contributed by atoms with van der Waals surface area (Å²) in [6, 6.07) is 4.64. The van der Waals surface area contributed by atoms with E-state index in [-0.39, 0.29) is 5.82 Å². The second-order valence-corrected chi connectivity index (χ2v) is 5.03. The van der Waals surface area contributed by atoms with Crippen LogP contribution in [0.4, 0.5) is 4.39 Å². The van der Waals surface area contributed by atoms with Gasteiger partial charge in [-0.1, -0.05) is 35.8 Å². The maximum Gasteiger partial charge on any atom is 0.126 e. The molecule has 3 heteroatoms. The van der Waals surface area contributed by atoms with Gasteiger partial charge in [-0.25, -0.2) is 4.39 Å². The van der Waals surface area contributed by atoms with E-state index in [1.54, 1.807) is 6.07 Å². The molecule has 0 radical (unpaired) electrons. The van der Waals surface area contributed by atoms with E-state index in [1.807, 2.05) is 6.92 Å². The summed E-state index contributed by atoms with van der Waals surface area (Å²) < 4.78 is 18.7. The molecule has 0 heterocycles. The molecule has 1 unspecified atom stereocenters. The lowest BCUT2D eigenvalue weighted by molar-refractivity contribution is 0.225. The van der Waals surface area contributed by atoms with Crippen molar-refractivity contribution in [3.05, 3.63) is 29.6 Å². The summed E-state index contributed by atoms with van der Waals surface area (Å²) in [6.07, 6.45) is 0. The average molecular weight is 289 g/mol. The number of benzene rings is 1. The molecule has 0 N–H and O–H groups in total. The average Bonchev–Trinajstić information content (AvgIpc) is 2.23. The van der Waals surface area contributed by atoms with Gasteiger partial charge in [-0.2, -0.15) is 0 Å². The van der Waals surface area contributed by atoms with Crippen LogP contribution in [0.2, 0.25) is 0 Å². The third kappa shape index (κ3) is 3.78. The molecule has 0 spiro atoms. The van der Waals surface area contributed by atoms with Crippen LogP contribution < -0.4 is 4.74 Å². The zero-order valence-electron chi connectivity index (χ0n) is 9.97. The first-order valence-electron chi connectivity index (χ1n) is 5.49. The number of alkyl halides is 1. The highest BCUT2D eigenvalue weighted by Crippen LogP contribution is 2.21. The minimum absolute atomic E-state index is 0.250. The van der Waals surface area contributed by atoms with Crippen LogP contribution in [-0.2, 0) is 0 Å². The number of rotatable bonds is 5. The van der Waals surface area contributed by atoms with E-state index in [1.165, 1.54) is 12.1 Å². The smallest absolute Gasteiger partial charge is 0.126 e. The van der Waals surface area contributed by atoms with Crippen molar-refractivity contribution in [2.75, 3.05) is 11.9 Å². The Labute approximate surface area is 105 Å². The summed E-state index contributed by atoms with van der Waals surface area (Å²) in [5.41, 5.74) is 0.971. The molecule has 0 aliphatic carbocycles. The summed E-state index contributed by atoms with van der Waals surface area (Å²) in [5, 5.41) is 0.902. The quantitative estimate of drug-likeness (QED) is 0.739. The second kappa shape index (κ2) is 6.24. The molecule has 1 nitrogen and oxygen atoms in total. The molecule has 1 atom stereocenters. The summed E-state index contributed by atoms with van der Waals surface area (Å²) >= 11 is 3.47. The number of hydrogen-bond donors (Lipinski definition) is 0. The summed E-state index contributed by atoms with van der Waals surface area (Å²) in [4.78, 5) is 0. The Morgan fingerprint density at radius 3 is 2.62 bits per heavy atom. The van der Waals surface area contributed by atoms with E-state index >= 15 is 0 Å². The molecule has 1 aromatic rings. The largest absolute Gasteiger partial charge is 0.493 e. The third-order valence-electron chi connectivity index (χ3n) is 2.74. The topological polar surface area (TPSA) is 9.23 Å². The summed E-state index contributed by atoms with van der Waals surface area (Å²) in [5.74, 6) is 1.39. The van der Waals surface area contributed by atoms with E-state index in [4.69, 9.17) is 4.74 Å². The third-order valence-corrected chi connectivity index (χ3v) is 3.58. The van der Waals surface area contributed by atoms with E-state index in [0.29, 0.717) is 24.2 Å². The molecule has 0 bridgehead atoms. The molecule has 90 valence electrons. The van der Waals surface area contributed by atoms with Gasteiger partial charge in [0, 0.05) is 17.3 Å². The number of ether oxygens (including phenoxy) is 1. The van der Waals surface area contributed by atoms with E-state index in [9.17, 15) is 4.39 Å².